The molecule has 0 N–H and O–H groups in total. The van der Waals surface area contributed by atoms with Crippen LogP contribution in [0.25, 0.3) is 0 Å². The summed E-state index contributed by atoms with van der Waals surface area (Å²) in [6.07, 6.45) is 9.65. The lowest BCUT2D eigenvalue weighted by Crippen LogP contribution is -2.57. The van der Waals surface area contributed by atoms with Crippen LogP contribution in [-0.4, -0.2) is 11.2 Å². The number of ketones is 1. The van der Waals surface area contributed by atoms with Gasteiger partial charge >= 0.3 is 0 Å². The summed E-state index contributed by atoms with van der Waals surface area (Å²) in [5.41, 5.74) is 0.453. The van der Waals surface area contributed by atoms with E-state index < -0.39 is 0 Å². The Hall–Kier alpha value is -0.0400. The van der Waals surface area contributed by atoms with Crippen molar-refractivity contribution in [3.05, 3.63) is 0 Å². The predicted molar refractivity (Wildman–Crippen MR) is 90.9 cm³/mol. The molecule has 0 bridgehead atoms. The molecule has 4 aliphatic rings. The number of carbonyl (C=O) groups excluding carboxylic acids is 1. The van der Waals surface area contributed by atoms with Crippen molar-refractivity contribution in [1.29, 1.82) is 0 Å². The summed E-state index contributed by atoms with van der Waals surface area (Å²) in [5, 5.41) is 0.309. The molecular formula is C20H31ClO. The van der Waals surface area contributed by atoms with E-state index in [4.69, 9.17) is 11.6 Å². The maximum Gasteiger partial charge on any atom is 0.139 e. The maximum atomic E-state index is 12.5. The molecule has 8 atom stereocenters. The Labute approximate surface area is 140 Å². The Morgan fingerprint density at radius 2 is 1.82 bits per heavy atom. The van der Waals surface area contributed by atoms with Gasteiger partial charge in [-0.05, 0) is 73.5 Å². The summed E-state index contributed by atoms with van der Waals surface area (Å²) in [7, 11) is 0. The number of rotatable bonds is 0. The highest BCUT2D eigenvalue weighted by Crippen LogP contribution is 2.66. The van der Waals surface area contributed by atoms with E-state index >= 15 is 0 Å². The number of hydrogen-bond donors (Lipinski definition) is 0. The average molecular weight is 323 g/mol. The van der Waals surface area contributed by atoms with Crippen molar-refractivity contribution >= 4 is 17.4 Å². The molecule has 0 aliphatic heterocycles. The molecule has 4 saturated carbocycles. The SMILES string of the molecule is CC1CC[C@@]2(C)C(C1)CC(Cl)[C@@H]1[C@H]2CC[C@]2(C)C(=O)CC[C@@H]12. The molecule has 0 spiro atoms. The number of fused-ring (bicyclic) bond motifs is 5. The fraction of sp³-hybridized carbons (Fsp3) is 0.950. The van der Waals surface area contributed by atoms with E-state index in [9.17, 15) is 4.79 Å². The van der Waals surface area contributed by atoms with E-state index in [0.717, 1.165) is 37.0 Å². The Morgan fingerprint density at radius 3 is 2.59 bits per heavy atom. The second kappa shape index (κ2) is 4.98. The summed E-state index contributed by atoms with van der Waals surface area (Å²) in [4.78, 5) is 12.5. The molecule has 0 amide bonds. The summed E-state index contributed by atoms with van der Waals surface area (Å²) in [6, 6.07) is 0. The third-order valence-electron chi connectivity index (χ3n) is 8.61. The van der Waals surface area contributed by atoms with Gasteiger partial charge in [0.15, 0.2) is 0 Å². The third-order valence-corrected chi connectivity index (χ3v) is 9.08. The molecule has 2 heteroatoms. The zero-order chi connectivity index (χ0) is 15.7. The highest BCUT2D eigenvalue weighted by Gasteiger charge is 2.62. The minimum Gasteiger partial charge on any atom is -0.299 e. The fourth-order valence-electron chi connectivity index (χ4n) is 7.16. The van der Waals surface area contributed by atoms with E-state index in [2.05, 4.69) is 20.8 Å². The normalized spacial score (nSPS) is 57.9. The minimum absolute atomic E-state index is 0.0422. The minimum atomic E-state index is -0.0422. The van der Waals surface area contributed by atoms with Crippen LogP contribution in [0.15, 0.2) is 0 Å². The molecule has 1 nitrogen and oxygen atoms in total. The van der Waals surface area contributed by atoms with Gasteiger partial charge in [-0.15, -0.1) is 11.6 Å². The number of halogens is 1. The molecule has 124 valence electrons. The Morgan fingerprint density at radius 1 is 1.05 bits per heavy atom. The summed E-state index contributed by atoms with van der Waals surface area (Å²) in [6.45, 7) is 7.25. The van der Waals surface area contributed by atoms with Gasteiger partial charge in [-0.3, -0.25) is 4.79 Å². The summed E-state index contributed by atoms with van der Waals surface area (Å²) >= 11 is 6.98. The quantitative estimate of drug-likeness (QED) is 0.542. The van der Waals surface area contributed by atoms with Gasteiger partial charge in [0, 0.05) is 17.2 Å². The first-order chi connectivity index (χ1) is 10.4. The zero-order valence-electron chi connectivity index (χ0n) is 14.4. The van der Waals surface area contributed by atoms with Crippen LogP contribution in [0.4, 0.5) is 0 Å². The predicted octanol–water partition coefficient (Wildman–Crippen LogP) is 5.45. The Bertz CT molecular complexity index is 488. The van der Waals surface area contributed by atoms with Crippen molar-refractivity contribution in [3.8, 4) is 0 Å². The molecule has 22 heavy (non-hydrogen) atoms. The van der Waals surface area contributed by atoms with Crippen molar-refractivity contribution < 1.29 is 4.79 Å². The fourth-order valence-corrected chi connectivity index (χ4v) is 7.72. The second-order valence-corrected chi connectivity index (χ2v) is 10.1. The summed E-state index contributed by atoms with van der Waals surface area (Å²) in [5.74, 6) is 4.16. The van der Waals surface area contributed by atoms with Crippen LogP contribution in [0.3, 0.4) is 0 Å². The van der Waals surface area contributed by atoms with Gasteiger partial charge in [-0.1, -0.05) is 27.2 Å². The lowest BCUT2D eigenvalue weighted by Gasteiger charge is -2.61. The highest BCUT2D eigenvalue weighted by molar-refractivity contribution is 6.21. The zero-order valence-corrected chi connectivity index (χ0v) is 15.2. The largest absolute Gasteiger partial charge is 0.299 e. The van der Waals surface area contributed by atoms with Crippen LogP contribution in [0, 0.1) is 40.4 Å². The summed E-state index contributed by atoms with van der Waals surface area (Å²) < 4.78 is 0. The van der Waals surface area contributed by atoms with Gasteiger partial charge in [0.05, 0.1) is 0 Å². The molecule has 4 rings (SSSR count). The van der Waals surface area contributed by atoms with E-state index in [1.807, 2.05) is 0 Å². The van der Waals surface area contributed by atoms with E-state index in [-0.39, 0.29) is 5.41 Å². The molecule has 0 aromatic carbocycles. The van der Waals surface area contributed by atoms with Crippen LogP contribution in [-0.2, 0) is 4.79 Å². The van der Waals surface area contributed by atoms with Crippen molar-refractivity contribution in [3.63, 3.8) is 0 Å². The maximum absolute atomic E-state index is 12.5. The van der Waals surface area contributed by atoms with Gasteiger partial charge in [-0.25, -0.2) is 0 Å². The van der Waals surface area contributed by atoms with Crippen LogP contribution in [0.5, 0.6) is 0 Å². The number of alkyl halides is 1. The topological polar surface area (TPSA) is 17.1 Å². The van der Waals surface area contributed by atoms with E-state index in [1.54, 1.807) is 0 Å². The van der Waals surface area contributed by atoms with Gasteiger partial charge in [0.2, 0.25) is 0 Å². The van der Waals surface area contributed by atoms with E-state index in [1.165, 1.54) is 32.1 Å². The lowest BCUT2D eigenvalue weighted by molar-refractivity contribution is -0.139. The first-order valence-electron chi connectivity index (χ1n) is 9.53. The van der Waals surface area contributed by atoms with Crippen molar-refractivity contribution in [2.24, 2.45) is 40.4 Å². The lowest BCUT2D eigenvalue weighted by atomic mass is 9.44. The Balaban J connectivity index is 1.69. The van der Waals surface area contributed by atoms with Crippen LogP contribution >= 0.6 is 11.6 Å². The molecule has 4 fully saturated rings. The van der Waals surface area contributed by atoms with E-state index in [0.29, 0.717) is 28.4 Å². The number of carbonyl (C=O) groups is 1. The van der Waals surface area contributed by atoms with Crippen molar-refractivity contribution in [1.82, 2.24) is 0 Å². The molecule has 0 aromatic rings. The molecule has 3 unspecified atom stereocenters. The molecule has 0 saturated heterocycles. The van der Waals surface area contributed by atoms with Crippen molar-refractivity contribution in [2.75, 3.05) is 0 Å². The molecular weight excluding hydrogens is 292 g/mol. The third kappa shape index (κ3) is 1.93. The number of hydrogen-bond acceptors (Lipinski definition) is 1. The van der Waals surface area contributed by atoms with Crippen LogP contribution in [0.2, 0.25) is 0 Å². The van der Waals surface area contributed by atoms with Crippen molar-refractivity contribution in [2.45, 2.75) is 77.5 Å². The molecule has 4 aliphatic carbocycles. The van der Waals surface area contributed by atoms with Crippen LogP contribution < -0.4 is 0 Å². The first-order valence-corrected chi connectivity index (χ1v) is 9.97. The monoisotopic (exact) mass is 322 g/mol. The standard InChI is InChI=1S/C20H31ClO/c1-12-6-8-19(2)13(10-12)11-16(21)18-14-4-5-17(22)20(14,3)9-7-15(18)19/h12-16,18H,4-11H2,1-3H3/t12?,13?,14-,15+,16?,18-,19-,20-/m0/s1. The highest BCUT2D eigenvalue weighted by atomic mass is 35.5. The Kier molecular flexibility index (Phi) is 3.50. The molecule has 0 radical (unpaired) electrons. The number of Topliss-reactive ketones (excluding diaryl/α,β-unsaturated/α-hetero) is 1. The van der Waals surface area contributed by atoms with Gasteiger partial charge in [-0.2, -0.15) is 0 Å². The van der Waals surface area contributed by atoms with Gasteiger partial charge in [0.25, 0.3) is 0 Å². The molecule has 0 aromatic heterocycles. The van der Waals surface area contributed by atoms with Crippen LogP contribution in [0.1, 0.15) is 72.1 Å². The average Bonchev–Trinajstić information content (AvgIpc) is 2.77. The second-order valence-electron chi connectivity index (χ2n) is 9.54. The van der Waals surface area contributed by atoms with Gasteiger partial charge < -0.3 is 0 Å². The smallest absolute Gasteiger partial charge is 0.139 e. The van der Waals surface area contributed by atoms with Gasteiger partial charge in [0.1, 0.15) is 5.78 Å². The molecule has 0 heterocycles. The first kappa shape index (κ1) is 15.5.